The summed E-state index contributed by atoms with van der Waals surface area (Å²) in [6, 6.07) is 9.85. The highest BCUT2D eigenvalue weighted by Gasteiger charge is 2.24. The number of hydrogen-bond acceptors (Lipinski definition) is 2. The van der Waals surface area contributed by atoms with Crippen LogP contribution in [0.3, 0.4) is 0 Å². The summed E-state index contributed by atoms with van der Waals surface area (Å²) in [4.78, 5) is 14.1. The van der Waals surface area contributed by atoms with Crippen molar-refractivity contribution in [1.29, 1.82) is 0 Å². The summed E-state index contributed by atoms with van der Waals surface area (Å²) in [5, 5.41) is 0. The molecule has 1 aliphatic heterocycles. The summed E-state index contributed by atoms with van der Waals surface area (Å²) in [6.07, 6.45) is 0. The second-order valence-corrected chi connectivity index (χ2v) is 5.76. The smallest absolute Gasteiger partial charge is 0.254 e. The molecule has 0 aliphatic carbocycles. The lowest BCUT2D eigenvalue weighted by atomic mass is 10.1. The van der Waals surface area contributed by atoms with Gasteiger partial charge in [-0.05, 0) is 41.5 Å². The minimum atomic E-state index is -0.427. The van der Waals surface area contributed by atoms with Crippen LogP contribution in [0.1, 0.15) is 21.5 Å². The van der Waals surface area contributed by atoms with Crippen LogP contribution in [0.2, 0.25) is 0 Å². The van der Waals surface area contributed by atoms with Crippen LogP contribution in [0.15, 0.2) is 40.9 Å². The summed E-state index contributed by atoms with van der Waals surface area (Å²) in [6.45, 7) is 1.04. The Morgan fingerprint density at radius 2 is 1.90 bits per heavy atom. The number of carbonyl (C=O) groups is 1. The van der Waals surface area contributed by atoms with E-state index in [1.807, 2.05) is 18.2 Å². The molecule has 2 N–H and O–H groups in total. The third-order valence-corrected chi connectivity index (χ3v) is 3.81. The Hall–Kier alpha value is -1.88. The molecule has 0 aromatic heterocycles. The Labute approximate surface area is 124 Å². The van der Waals surface area contributed by atoms with Crippen molar-refractivity contribution in [2.75, 3.05) is 5.73 Å². The molecule has 0 radical (unpaired) electrons. The zero-order valence-electron chi connectivity index (χ0n) is 10.6. The molecule has 0 saturated carbocycles. The summed E-state index contributed by atoms with van der Waals surface area (Å²) >= 11 is 3.20. The van der Waals surface area contributed by atoms with Gasteiger partial charge in [0, 0.05) is 28.8 Å². The van der Waals surface area contributed by atoms with Crippen LogP contribution in [0.25, 0.3) is 0 Å². The van der Waals surface area contributed by atoms with Crippen LogP contribution in [-0.2, 0) is 13.1 Å². The number of nitrogen functional groups attached to an aromatic ring is 1. The van der Waals surface area contributed by atoms with Gasteiger partial charge < -0.3 is 10.6 Å². The van der Waals surface area contributed by atoms with Gasteiger partial charge in [0.15, 0.2) is 0 Å². The predicted octanol–water partition coefficient (Wildman–Crippen LogP) is 3.33. The lowest BCUT2D eigenvalue weighted by Gasteiger charge is -2.15. The molecule has 3 rings (SSSR count). The molecule has 1 amide bonds. The molecule has 2 aromatic carbocycles. The van der Waals surface area contributed by atoms with Crippen LogP contribution in [0.4, 0.5) is 10.1 Å². The standard InChI is InChI=1S/C15H12BrFN2O/c16-12-3-10(4-13(17)6-12)15(20)19-7-9-1-2-14(18)5-11(9)8-19/h1-6H,7-8,18H2. The number of nitrogens with two attached hydrogens (primary N) is 1. The fraction of sp³-hybridized carbons (Fsp3) is 0.133. The normalized spacial score (nSPS) is 13.4. The number of hydrogen-bond donors (Lipinski definition) is 1. The van der Waals surface area contributed by atoms with Gasteiger partial charge in [-0.25, -0.2) is 4.39 Å². The van der Waals surface area contributed by atoms with Gasteiger partial charge in [-0.15, -0.1) is 0 Å². The maximum atomic E-state index is 13.4. The molecule has 0 saturated heterocycles. The Balaban J connectivity index is 1.87. The molecule has 3 nitrogen and oxygen atoms in total. The van der Waals surface area contributed by atoms with E-state index >= 15 is 0 Å². The van der Waals surface area contributed by atoms with Gasteiger partial charge in [-0.1, -0.05) is 22.0 Å². The highest BCUT2D eigenvalue weighted by molar-refractivity contribution is 9.10. The largest absolute Gasteiger partial charge is 0.399 e. The molecule has 1 aliphatic rings. The minimum absolute atomic E-state index is 0.181. The average Bonchev–Trinajstić information content (AvgIpc) is 2.79. The van der Waals surface area contributed by atoms with E-state index in [-0.39, 0.29) is 5.91 Å². The monoisotopic (exact) mass is 334 g/mol. The van der Waals surface area contributed by atoms with Crippen LogP contribution in [-0.4, -0.2) is 10.8 Å². The second kappa shape index (κ2) is 4.90. The van der Waals surface area contributed by atoms with Gasteiger partial charge in [0.2, 0.25) is 0 Å². The van der Waals surface area contributed by atoms with Crippen LogP contribution in [0, 0.1) is 5.82 Å². The highest BCUT2D eigenvalue weighted by atomic mass is 79.9. The number of carbonyl (C=O) groups excluding carboxylic acids is 1. The molecule has 0 bridgehead atoms. The van der Waals surface area contributed by atoms with Gasteiger partial charge in [-0.2, -0.15) is 0 Å². The summed E-state index contributed by atoms with van der Waals surface area (Å²) in [7, 11) is 0. The first-order chi connectivity index (χ1) is 9.52. The van der Waals surface area contributed by atoms with E-state index in [0.717, 1.165) is 11.1 Å². The summed E-state index contributed by atoms with van der Waals surface area (Å²) < 4.78 is 13.9. The number of fused-ring (bicyclic) bond motifs is 1. The van der Waals surface area contributed by atoms with Gasteiger partial charge in [0.25, 0.3) is 5.91 Å². The first-order valence-corrected chi connectivity index (χ1v) is 6.95. The second-order valence-electron chi connectivity index (χ2n) is 4.85. The number of benzene rings is 2. The van der Waals surface area contributed by atoms with Crippen molar-refractivity contribution >= 4 is 27.5 Å². The van der Waals surface area contributed by atoms with Crippen molar-refractivity contribution in [3.63, 3.8) is 0 Å². The van der Waals surface area contributed by atoms with Crippen molar-refractivity contribution in [2.45, 2.75) is 13.1 Å². The summed E-state index contributed by atoms with van der Waals surface area (Å²) in [5.74, 6) is -0.608. The third-order valence-electron chi connectivity index (χ3n) is 3.35. The zero-order chi connectivity index (χ0) is 14.3. The van der Waals surface area contributed by atoms with Gasteiger partial charge in [-0.3, -0.25) is 4.79 Å². The Kier molecular flexibility index (Phi) is 3.22. The topological polar surface area (TPSA) is 46.3 Å². The molecule has 1 heterocycles. The number of nitrogens with zero attached hydrogens (tertiary/aromatic N) is 1. The molecule has 5 heteroatoms. The molecule has 2 aromatic rings. The molecule has 0 unspecified atom stereocenters. The van der Waals surface area contributed by atoms with E-state index in [1.165, 1.54) is 12.1 Å². The van der Waals surface area contributed by atoms with Crippen molar-refractivity contribution in [1.82, 2.24) is 4.90 Å². The molecular formula is C15H12BrFN2O. The number of amides is 1. The maximum absolute atomic E-state index is 13.4. The van der Waals surface area contributed by atoms with Crippen molar-refractivity contribution in [3.05, 3.63) is 63.4 Å². The number of anilines is 1. The van der Waals surface area contributed by atoms with Gasteiger partial charge >= 0.3 is 0 Å². The Bertz CT molecular complexity index is 682. The molecular weight excluding hydrogens is 323 g/mol. The Morgan fingerprint density at radius 3 is 2.65 bits per heavy atom. The summed E-state index contributed by atoms with van der Waals surface area (Å²) in [5.41, 5.74) is 8.91. The van der Waals surface area contributed by atoms with E-state index in [1.54, 1.807) is 11.0 Å². The number of rotatable bonds is 1. The van der Waals surface area contributed by atoms with Crippen molar-refractivity contribution in [2.24, 2.45) is 0 Å². The van der Waals surface area contributed by atoms with E-state index in [2.05, 4.69) is 15.9 Å². The highest BCUT2D eigenvalue weighted by Crippen LogP contribution is 2.27. The fourth-order valence-corrected chi connectivity index (χ4v) is 2.88. The molecule has 0 spiro atoms. The SMILES string of the molecule is Nc1ccc2c(c1)CN(C(=O)c1cc(F)cc(Br)c1)C2. The predicted molar refractivity (Wildman–Crippen MR) is 78.5 cm³/mol. The zero-order valence-corrected chi connectivity index (χ0v) is 12.2. The van der Waals surface area contributed by atoms with Crippen molar-refractivity contribution in [3.8, 4) is 0 Å². The maximum Gasteiger partial charge on any atom is 0.254 e. The fourth-order valence-electron chi connectivity index (χ4n) is 2.42. The van der Waals surface area contributed by atoms with Crippen LogP contribution >= 0.6 is 15.9 Å². The average molecular weight is 335 g/mol. The molecule has 0 fully saturated rings. The lowest BCUT2D eigenvalue weighted by Crippen LogP contribution is -2.25. The van der Waals surface area contributed by atoms with E-state index in [4.69, 9.17) is 5.73 Å². The quantitative estimate of drug-likeness (QED) is 0.813. The van der Waals surface area contributed by atoms with Gasteiger partial charge in [0.05, 0.1) is 0 Å². The molecule has 0 atom stereocenters. The Morgan fingerprint density at radius 1 is 1.15 bits per heavy atom. The van der Waals surface area contributed by atoms with E-state index < -0.39 is 5.82 Å². The van der Waals surface area contributed by atoms with Crippen molar-refractivity contribution < 1.29 is 9.18 Å². The van der Waals surface area contributed by atoms with E-state index in [0.29, 0.717) is 28.8 Å². The molecule has 20 heavy (non-hydrogen) atoms. The minimum Gasteiger partial charge on any atom is -0.399 e. The number of halogens is 2. The van der Waals surface area contributed by atoms with Crippen LogP contribution < -0.4 is 5.73 Å². The lowest BCUT2D eigenvalue weighted by molar-refractivity contribution is 0.0751. The first kappa shape index (κ1) is 13.1. The first-order valence-electron chi connectivity index (χ1n) is 6.15. The van der Waals surface area contributed by atoms with Gasteiger partial charge in [0.1, 0.15) is 5.82 Å². The molecule has 102 valence electrons. The van der Waals surface area contributed by atoms with E-state index in [9.17, 15) is 9.18 Å². The third kappa shape index (κ3) is 2.41. The van der Waals surface area contributed by atoms with Crippen LogP contribution in [0.5, 0.6) is 0 Å².